The molecule has 0 radical (unpaired) electrons. The van der Waals surface area contributed by atoms with Gasteiger partial charge in [0.15, 0.2) is 6.10 Å². The third-order valence-electron chi connectivity index (χ3n) is 3.93. The summed E-state index contributed by atoms with van der Waals surface area (Å²) in [4.78, 5) is 4.54. The third-order valence-corrected chi connectivity index (χ3v) is 4.54. The van der Waals surface area contributed by atoms with Crippen LogP contribution in [-0.2, 0) is 9.47 Å². The van der Waals surface area contributed by atoms with Gasteiger partial charge in [0.2, 0.25) is 5.90 Å². The number of fused-ring (bicyclic) bond motifs is 1. The lowest BCUT2D eigenvalue weighted by atomic mass is 10.00. The van der Waals surface area contributed by atoms with E-state index in [4.69, 9.17) is 32.7 Å². The van der Waals surface area contributed by atoms with Crippen LogP contribution in [0, 0.1) is 0 Å². The molecule has 0 aliphatic heterocycles. The summed E-state index contributed by atoms with van der Waals surface area (Å²) in [5.74, 6) is 0.383. The summed E-state index contributed by atoms with van der Waals surface area (Å²) < 4.78 is 11.2. The molecule has 0 aliphatic carbocycles. The molecule has 3 aromatic carbocycles. The Bertz CT molecular complexity index is 899. The summed E-state index contributed by atoms with van der Waals surface area (Å²) in [6, 6.07) is 19.4. The number of benzene rings is 3. The normalized spacial score (nSPS) is 13.0. The minimum atomic E-state index is -0.483. The Kier molecular flexibility index (Phi) is 5.59. The van der Waals surface area contributed by atoms with Crippen LogP contribution < -0.4 is 0 Å². The first kappa shape index (κ1) is 17.7. The van der Waals surface area contributed by atoms with Gasteiger partial charge in [0.1, 0.15) is 5.69 Å². The summed E-state index contributed by atoms with van der Waals surface area (Å²) in [6.45, 7) is 0. The van der Waals surface area contributed by atoms with Gasteiger partial charge in [-0.15, -0.1) is 0 Å². The van der Waals surface area contributed by atoms with Crippen molar-refractivity contribution in [3.63, 3.8) is 0 Å². The maximum atomic E-state index is 6.23. The van der Waals surface area contributed by atoms with Crippen molar-refractivity contribution in [1.82, 2.24) is 0 Å². The van der Waals surface area contributed by atoms with Crippen LogP contribution in [-0.4, -0.2) is 20.1 Å². The molecule has 0 spiro atoms. The lowest BCUT2D eigenvalue weighted by Crippen LogP contribution is -2.17. The monoisotopic (exact) mass is 373 g/mol. The predicted molar refractivity (Wildman–Crippen MR) is 104 cm³/mol. The molecule has 3 rings (SSSR count). The number of hydrogen-bond acceptors (Lipinski definition) is 3. The number of para-hydroxylation sites is 1. The molecular weight excluding hydrogens is 357 g/mol. The molecule has 0 fully saturated rings. The molecular formula is C20H17Cl2NO2. The van der Waals surface area contributed by atoms with Crippen LogP contribution in [0.3, 0.4) is 0 Å². The van der Waals surface area contributed by atoms with Crippen molar-refractivity contribution in [3.05, 3.63) is 76.3 Å². The lowest BCUT2D eigenvalue weighted by Gasteiger charge is -2.19. The highest BCUT2D eigenvalue weighted by molar-refractivity contribution is 6.38. The van der Waals surface area contributed by atoms with Crippen molar-refractivity contribution in [2.24, 2.45) is 4.99 Å². The molecule has 0 N–H and O–H groups in total. The second kappa shape index (κ2) is 7.87. The van der Waals surface area contributed by atoms with Crippen molar-refractivity contribution in [3.8, 4) is 0 Å². The second-order valence-electron chi connectivity index (χ2n) is 5.41. The van der Waals surface area contributed by atoms with Gasteiger partial charge < -0.3 is 9.47 Å². The summed E-state index contributed by atoms with van der Waals surface area (Å²) in [7, 11) is 3.18. The molecule has 128 valence electrons. The SMILES string of the molecule is COC(=Nc1c(Cl)cccc1Cl)C(OC)c1cccc2ccccc12. The van der Waals surface area contributed by atoms with Crippen LogP contribution >= 0.6 is 23.2 Å². The first-order valence-corrected chi connectivity index (χ1v) is 8.48. The summed E-state index contributed by atoms with van der Waals surface area (Å²) >= 11 is 12.5. The van der Waals surface area contributed by atoms with Crippen molar-refractivity contribution in [2.75, 3.05) is 14.2 Å². The number of aliphatic imine (C=N–C) groups is 1. The van der Waals surface area contributed by atoms with E-state index in [1.807, 2.05) is 30.3 Å². The van der Waals surface area contributed by atoms with Crippen LogP contribution in [0.2, 0.25) is 10.0 Å². The highest BCUT2D eigenvalue weighted by Crippen LogP contribution is 2.35. The number of rotatable bonds is 4. The molecule has 0 heterocycles. The molecule has 0 saturated carbocycles. The number of ether oxygens (including phenoxy) is 2. The largest absolute Gasteiger partial charge is 0.482 e. The van der Waals surface area contributed by atoms with E-state index in [0.717, 1.165) is 16.3 Å². The van der Waals surface area contributed by atoms with Gasteiger partial charge in [0.25, 0.3) is 0 Å². The highest BCUT2D eigenvalue weighted by atomic mass is 35.5. The minimum absolute atomic E-state index is 0.383. The van der Waals surface area contributed by atoms with Crippen molar-refractivity contribution in [2.45, 2.75) is 6.10 Å². The van der Waals surface area contributed by atoms with Crippen LogP contribution in [0.5, 0.6) is 0 Å². The van der Waals surface area contributed by atoms with E-state index in [9.17, 15) is 0 Å². The molecule has 0 bridgehead atoms. The van der Waals surface area contributed by atoms with Gasteiger partial charge in [-0.1, -0.05) is 71.7 Å². The molecule has 3 nitrogen and oxygen atoms in total. The summed E-state index contributed by atoms with van der Waals surface area (Å²) in [5.41, 5.74) is 1.43. The first-order valence-electron chi connectivity index (χ1n) is 7.72. The van der Waals surface area contributed by atoms with Gasteiger partial charge in [0.05, 0.1) is 17.2 Å². The molecule has 0 saturated heterocycles. The van der Waals surface area contributed by atoms with Crippen molar-refractivity contribution in [1.29, 1.82) is 0 Å². The zero-order valence-electron chi connectivity index (χ0n) is 13.9. The Morgan fingerprint density at radius 1 is 0.880 bits per heavy atom. The maximum absolute atomic E-state index is 6.23. The van der Waals surface area contributed by atoms with E-state index in [-0.39, 0.29) is 0 Å². The topological polar surface area (TPSA) is 30.8 Å². The molecule has 1 unspecified atom stereocenters. The summed E-state index contributed by atoms with van der Waals surface area (Å²) in [6.07, 6.45) is -0.483. The van der Waals surface area contributed by atoms with Crippen LogP contribution in [0.4, 0.5) is 5.69 Å². The molecule has 3 aromatic rings. The fourth-order valence-electron chi connectivity index (χ4n) is 2.76. The zero-order chi connectivity index (χ0) is 17.8. The molecule has 5 heteroatoms. The average Bonchev–Trinajstić information content (AvgIpc) is 2.64. The Labute approximate surface area is 156 Å². The third kappa shape index (κ3) is 3.64. The Balaban J connectivity index is 2.13. The molecule has 0 aliphatic rings. The van der Waals surface area contributed by atoms with Crippen molar-refractivity contribution >= 4 is 45.6 Å². The van der Waals surface area contributed by atoms with Gasteiger partial charge in [-0.3, -0.25) is 0 Å². The minimum Gasteiger partial charge on any atom is -0.482 e. The molecule has 25 heavy (non-hydrogen) atoms. The smallest absolute Gasteiger partial charge is 0.223 e. The second-order valence-corrected chi connectivity index (χ2v) is 6.22. The molecule has 1 atom stereocenters. The van der Waals surface area contributed by atoms with E-state index < -0.39 is 6.10 Å². The maximum Gasteiger partial charge on any atom is 0.223 e. The standard InChI is InChI=1S/C20H17Cl2NO2/c1-24-19(15-10-5-8-13-7-3-4-9-14(13)15)20(25-2)23-18-16(21)11-6-12-17(18)22/h3-12,19H,1-2H3. The van der Waals surface area contributed by atoms with E-state index in [1.165, 1.54) is 0 Å². The van der Waals surface area contributed by atoms with Crippen molar-refractivity contribution < 1.29 is 9.47 Å². The van der Waals surface area contributed by atoms with Crippen LogP contribution in [0.1, 0.15) is 11.7 Å². The van der Waals surface area contributed by atoms with Crippen LogP contribution in [0.15, 0.2) is 65.7 Å². The fraction of sp³-hybridized carbons (Fsp3) is 0.150. The van der Waals surface area contributed by atoms with E-state index >= 15 is 0 Å². The van der Waals surface area contributed by atoms with Gasteiger partial charge in [-0.05, 0) is 28.5 Å². The lowest BCUT2D eigenvalue weighted by molar-refractivity contribution is 0.136. The number of halogens is 2. The van der Waals surface area contributed by atoms with E-state index in [0.29, 0.717) is 21.6 Å². The van der Waals surface area contributed by atoms with Gasteiger partial charge >= 0.3 is 0 Å². The molecule has 0 aromatic heterocycles. The Morgan fingerprint density at radius 3 is 2.20 bits per heavy atom. The average molecular weight is 374 g/mol. The van der Waals surface area contributed by atoms with Crippen LogP contribution in [0.25, 0.3) is 10.8 Å². The predicted octanol–water partition coefficient (Wildman–Crippen LogP) is 6.21. The number of hydrogen-bond donors (Lipinski definition) is 0. The van der Waals surface area contributed by atoms with Gasteiger partial charge in [-0.25, -0.2) is 4.99 Å². The number of methoxy groups -OCH3 is 2. The highest BCUT2D eigenvalue weighted by Gasteiger charge is 2.22. The Morgan fingerprint density at radius 2 is 1.52 bits per heavy atom. The molecule has 0 amide bonds. The quantitative estimate of drug-likeness (QED) is 0.401. The summed E-state index contributed by atoms with van der Waals surface area (Å²) in [5, 5.41) is 3.10. The number of nitrogens with zero attached hydrogens (tertiary/aromatic N) is 1. The fourth-order valence-corrected chi connectivity index (χ4v) is 3.24. The van der Waals surface area contributed by atoms with Gasteiger partial charge in [0, 0.05) is 7.11 Å². The van der Waals surface area contributed by atoms with E-state index in [2.05, 4.69) is 17.1 Å². The van der Waals surface area contributed by atoms with Gasteiger partial charge in [-0.2, -0.15) is 0 Å². The Hall–Kier alpha value is -2.07. The zero-order valence-corrected chi connectivity index (χ0v) is 15.4. The first-order chi connectivity index (χ1) is 12.2. The van der Waals surface area contributed by atoms with E-state index in [1.54, 1.807) is 32.4 Å².